The summed E-state index contributed by atoms with van der Waals surface area (Å²) in [6, 6.07) is -0.236. The maximum absolute atomic E-state index is 10.6. The van der Waals surface area contributed by atoms with Crippen LogP contribution >= 0.6 is 0 Å². The van der Waals surface area contributed by atoms with Crippen LogP contribution in [0.5, 0.6) is 0 Å². The lowest BCUT2D eigenvalue weighted by atomic mass is 10.3. The minimum Gasteiger partial charge on any atom is -0.468 e. The minimum absolute atomic E-state index is 0.236. The van der Waals surface area contributed by atoms with Crippen LogP contribution in [0.4, 0.5) is 0 Å². The van der Waals surface area contributed by atoms with Crippen molar-refractivity contribution in [3.8, 4) is 0 Å². The maximum Gasteiger partial charge on any atom is 0.322 e. The first-order valence-corrected chi connectivity index (χ1v) is 2.84. The zero-order valence-electron chi connectivity index (χ0n) is 5.97. The van der Waals surface area contributed by atoms with Gasteiger partial charge in [0.2, 0.25) is 0 Å². The van der Waals surface area contributed by atoms with Crippen LogP contribution in [-0.4, -0.2) is 19.1 Å². The topological polar surface area (TPSA) is 38.3 Å². The van der Waals surface area contributed by atoms with Gasteiger partial charge in [0, 0.05) is 6.54 Å². The summed E-state index contributed by atoms with van der Waals surface area (Å²) in [4.78, 5) is 10.6. The lowest BCUT2D eigenvalue weighted by molar-refractivity contribution is -0.142. The van der Waals surface area contributed by atoms with Gasteiger partial charge in [-0.3, -0.25) is 4.79 Å². The van der Waals surface area contributed by atoms with Gasteiger partial charge in [-0.05, 0) is 13.8 Å². The molecule has 0 saturated heterocycles. The molecule has 9 heavy (non-hydrogen) atoms. The molecule has 0 fully saturated rings. The number of rotatable bonds is 3. The number of carbonyl (C=O) groups is 1. The predicted octanol–water partition coefficient (Wildman–Crippen LogP) is 0.319. The zero-order chi connectivity index (χ0) is 7.28. The van der Waals surface area contributed by atoms with Crippen LogP contribution in [0, 0.1) is 6.54 Å². The third-order valence-corrected chi connectivity index (χ3v) is 0.971. The smallest absolute Gasteiger partial charge is 0.322 e. The Labute approximate surface area is 55.4 Å². The minimum atomic E-state index is -0.242. The van der Waals surface area contributed by atoms with Gasteiger partial charge >= 0.3 is 5.97 Å². The SMILES string of the molecule is C[CH]NC(C)C(=O)OC. The highest BCUT2D eigenvalue weighted by molar-refractivity contribution is 5.75. The van der Waals surface area contributed by atoms with E-state index in [0.717, 1.165) is 0 Å². The fourth-order valence-corrected chi connectivity index (χ4v) is 0.495. The molecular weight excluding hydrogens is 118 g/mol. The number of methoxy groups -OCH3 is 1. The Morgan fingerprint density at radius 1 is 1.78 bits per heavy atom. The number of nitrogens with one attached hydrogen (secondary N) is 1. The van der Waals surface area contributed by atoms with Gasteiger partial charge in [-0.1, -0.05) is 0 Å². The Hall–Kier alpha value is -0.570. The van der Waals surface area contributed by atoms with E-state index in [9.17, 15) is 4.79 Å². The van der Waals surface area contributed by atoms with Crippen LogP contribution in [0.15, 0.2) is 0 Å². The Morgan fingerprint density at radius 3 is 2.67 bits per heavy atom. The van der Waals surface area contributed by atoms with Crippen LogP contribution < -0.4 is 5.32 Å². The number of esters is 1. The van der Waals surface area contributed by atoms with E-state index in [1.165, 1.54) is 7.11 Å². The summed E-state index contributed by atoms with van der Waals surface area (Å²) in [7, 11) is 1.37. The standard InChI is InChI=1S/C6H12NO2/c1-4-7-5(2)6(8)9-3/h4-5,7H,1-3H3. The molecule has 0 aromatic heterocycles. The average Bonchev–Trinajstić information content (AvgIpc) is 1.87. The summed E-state index contributed by atoms with van der Waals surface area (Å²) in [5.74, 6) is -0.242. The Balaban J connectivity index is 3.45. The van der Waals surface area contributed by atoms with E-state index < -0.39 is 0 Å². The molecule has 0 aliphatic heterocycles. The Morgan fingerprint density at radius 2 is 2.33 bits per heavy atom. The number of hydrogen-bond donors (Lipinski definition) is 1. The highest BCUT2D eigenvalue weighted by atomic mass is 16.5. The summed E-state index contributed by atoms with van der Waals surface area (Å²) in [6.07, 6.45) is 0. The average molecular weight is 130 g/mol. The van der Waals surface area contributed by atoms with Crippen LogP contribution in [0.2, 0.25) is 0 Å². The normalized spacial score (nSPS) is 12.8. The summed E-state index contributed by atoms with van der Waals surface area (Å²) in [5, 5.41) is 2.80. The fraction of sp³-hybridized carbons (Fsp3) is 0.667. The Bertz CT molecular complexity index is 93.1. The first-order chi connectivity index (χ1) is 4.22. The third-order valence-electron chi connectivity index (χ3n) is 0.971. The van der Waals surface area contributed by atoms with Gasteiger partial charge in [-0.2, -0.15) is 0 Å². The third kappa shape index (κ3) is 3.08. The molecule has 0 aliphatic carbocycles. The van der Waals surface area contributed by atoms with Gasteiger partial charge in [-0.25, -0.2) is 0 Å². The molecular formula is C6H12NO2. The Kier molecular flexibility index (Phi) is 4.05. The van der Waals surface area contributed by atoms with Crippen molar-refractivity contribution in [1.82, 2.24) is 5.32 Å². The van der Waals surface area contributed by atoms with E-state index >= 15 is 0 Å². The molecule has 0 amide bonds. The van der Waals surface area contributed by atoms with Gasteiger partial charge in [0.05, 0.1) is 7.11 Å². The summed E-state index contributed by atoms with van der Waals surface area (Å²) in [6.45, 7) is 5.27. The van der Waals surface area contributed by atoms with Crippen molar-refractivity contribution >= 4 is 5.97 Å². The van der Waals surface area contributed by atoms with E-state index in [1.807, 2.05) is 6.92 Å². The molecule has 1 unspecified atom stereocenters. The molecule has 3 heteroatoms. The summed E-state index contributed by atoms with van der Waals surface area (Å²) in [5.41, 5.74) is 0. The molecule has 0 bridgehead atoms. The van der Waals surface area contributed by atoms with E-state index in [0.29, 0.717) is 0 Å². The van der Waals surface area contributed by atoms with Crippen molar-refractivity contribution in [3.05, 3.63) is 6.54 Å². The number of hydrogen-bond acceptors (Lipinski definition) is 3. The maximum atomic E-state index is 10.6. The highest BCUT2D eigenvalue weighted by Gasteiger charge is 2.09. The van der Waals surface area contributed by atoms with Crippen molar-refractivity contribution in [2.24, 2.45) is 0 Å². The molecule has 1 atom stereocenters. The van der Waals surface area contributed by atoms with Gasteiger partial charge < -0.3 is 10.1 Å². The van der Waals surface area contributed by atoms with Crippen LogP contribution in [0.3, 0.4) is 0 Å². The van der Waals surface area contributed by atoms with Crippen LogP contribution in [0.1, 0.15) is 13.8 Å². The van der Waals surface area contributed by atoms with E-state index in [1.54, 1.807) is 13.5 Å². The number of ether oxygens (including phenoxy) is 1. The van der Waals surface area contributed by atoms with Crippen molar-refractivity contribution in [2.45, 2.75) is 19.9 Å². The predicted molar refractivity (Wildman–Crippen MR) is 34.6 cm³/mol. The van der Waals surface area contributed by atoms with Crippen molar-refractivity contribution < 1.29 is 9.53 Å². The van der Waals surface area contributed by atoms with E-state index in [2.05, 4.69) is 10.1 Å². The quantitative estimate of drug-likeness (QED) is 0.559. The first kappa shape index (κ1) is 8.43. The highest BCUT2D eigenvalue weighted by Crippen LogP contribution is 1.84. The van der Waals surface area contributed by atoms with Crippen molar-refractivity contribution in [1.29, 1.82) is 0 Å². The lowest BCUT2D eigenvalue weighted by Gasteiger charge is -2.07. The van der Waals surface area contributed by atoms with Gasteiger partial charge in [0.1, 0.15) is 6.04 Å². The van der Waals surface area contributed by atoms with Gasteiger partial charge in [0.15, 0.2) is 0 Å². The number of carbonyl (C=O) groups excluding carboxylic acids is 1. The van der Waals surface area contributed by atoms with E-state index in [4.69, 9.17) is 0 Å². The second kappa shape index (κ2) is 4.32. The molecule has 53 valence electrons. The fourth-order valence-electron chi connectivity index (χ4n) is 0.495. The zero-order valence-corrected chi connectivity index (χ0v) is 5.97. The lowest BCUT2D eigenvalue weighted by Crippen LogP contribution is -2.32. The van der Waals surface area contributed by atoms with Gasteiger partial charge in [0.25, 0.3) is 0 Å². The molecule has 0 saturated carbocycles. The first-order valence-electron chi connectivity index (χ1n) is 2.84. The van der Waals surface area contributed by atoms with Crippen LogP contribution in [0.25, 0.3) is 0 Å². The molecule has 0 spiro atoms. The molecule has 0 aliphatic rings. The van der Waals surface area contributed by atoms with Gasteiger partial charge in [-0.15, -0.1) is 0 Å². The molecule has 1 N–H and O–H groups in total. The second-order valence-corrected chi connectivity index (χ2v) is 1.70. The molecule has 1 radical (unpaired) electrons. The molecule has 0 aromatic carbocycles. The molecule has 0 heterocycles. The molecule has 0 aromatic rings. The second-order valence-electron chi connectivity index (χ2n) is 1.70. The molecule has 3 nitrogen and oxygen atoms in total. The van der Waals surface area contributed by atoms with Crippen molar-refractivity contribution in [3.63, 3.8) is 0 Å². The largest absolute Gasteiger partial charge is 0.468 e. The molecule has 0 rings (SSSR count). The summed E-state index contributed by atoms with van der Waals surface area (Å²) < 4.78 is 4.44. The summed E-state index contributed by atoms with van der Waals surface area (Å²) >= 11 is 0. The van der Waals surface area contributed by atoms with E-state index in [-0.39, 0.29) is 12.0 Å². The monoisotopic (exact) mass is 130 g/mol. The van der Waals surface area contributed by atoms with Crippen LogP contribution in [-0.2, 0) is 9.53 Å². The van der Waals surface area contributed by atoms with Crippen molar-refractivity contribution in [2.75, 3.05) is 7.11 Å².